The van der Waals surface area contributed by atoms with E-state index in [0.29, 0.717) is 23.6 Å². The fourth-order valence-electron chi connectivity index (χ4n) is 2.00. The topological polar surface area (TPSA) is 34.2 Å². The van der Waals surface area contributed by atoms with Crippen LogP contribution in [0.2, 0.25) is 5.02 Å². The number of pyridine rings is 1. The molecule has 5 heteroatoms. The summed E-state index contributed by atoms with van der Waals surface area (Å²) in [6.07, 6.45) is 4.36. The molecule has 1 aliphatic rings. The Kier molecular flexibility index (Phi) is 4.78. The number of rotatable bonds is 6. The first-order chi connectivity index (χ1) is 10.2. The molecule has 0 aliphatic heterocycles. The second-order valence-electron chi connectivity index (χ2n) is 5.20. The normalized spacial score (nSPS) is 14.2. The van der Waals surface area contributed by atoms with Crippen molar-refractivity contribution in [2.45, 2.75) is 32.0 Å². The summed E-state index contributed by atoms with van der Waals surface area (Å²) < 4.78 is 6.72. The molecule has 0 saturated heterocycles. The van der Waals surface area contributed by atoms with E-state index in [-0.39, 0.29) is 0 Å². The fraction of sp³-hybridized carbons (Fsp3) is 0.312. The zero-order chi connectivity index (χ0) is 14.7. The van der Waals surface area contributed by atoms with Crippen molar-refractivity contribution in [2.24, 2.45) is 0 Å². The van der Waals surface area contributed by atoms with Crippen molar-refractivity contribution in [1.82, 2.24) is 10.3 Å². The maximum absolute atomic E-state index is 6.23. The van der Waals surface area contributed by atoms with Gasteiger partial charge >= 0.3 is 0 Å². The quantitative estimate of drug-likeness (QED) is 0.825. The van der Waals surface area contributed by atoms with Gasteiger partial charge in [0.2, 0.25) is 5.88 Å². The van der Waals surface area contributed by atoms with Crippen LogP contribution in [0.4, 0.5) is 0 Å². The molecule has 2 aromatic rings. The molecule has 0 radical (unpaired) electrons. The Morgan fingerprint density at radius 1 is 1.29 bits per heavy atom. The van der Waals surface area contributed by atoms with Crippen LogP contribution in [0.15, 0.2) is 41.0 Å². The minimum Gasteiger partial charge on any atom is -0.472 e. The van der Waals surface area contributed by atoms with E-state index >= 15 is 0 Å². The zero-order valence-corrected chi connectivity index (χ0v) is 13.8. The second-order valence-corrected chi connectivity index (χ2v) is 6.53. The van der Waals surface area contributed by atoms with Crippen molar-refractivity contribution in [3.05, 3.63) is 57.2 Å². The van der Waals surface area contributed by atoms with Crippen LogP contribution in [-0.4, -0.2) is 11.0 Å². The lowest BCUT2D eigenvalue weighted by Crippen LogP contribution is -2.15. The summed E-state index contributed by atoms with van der Waals surface area (Å²) in [7, 11) is 0. The molecule has 1 N–H and O–H groups in total. The SMILES string of the molecule is Clc1cc(CNC2CC2)cnc1OCc1cccc(Br)c1. The van der Waals surface area contributed by atoms with Crippen LogP contribution < -0.4 is 10.1 Å². The third-order valence-corrected chi connectivity index (χ3v) is 4.06. The van der Waals surface area contributed by atoms with Crippen LogP contribution in [0.1, 0.15) is 24.0 Å². The minimum absolute atomic E-state index is 0.450. The summed E-state index contributed by atoms with van der Waals surface area (Å²) >= 11 is 9.68. The van der Waals surface area contributed by atoms with Gasteiger partial charge < -0.3 is 10.1 Å². The number of nitrogens with zero attached hydrogens (tertiary/aromatic N) is 1. The van der Waals surface area contributed by atoms with Gasteiger partial charge in [0.15, 0.2) is 0 Å². The second kappa shape index (κ2) is 6.77. The highest BCUT2D eigenvalue weighted by Crippen LogP contribution is 2.25. The standard InChI is InChI=1S/C16H16BrClN2O/c17-13-3-1-2-11(6-13)10-21-16-15(18)7-12(9-20-16)8-19-14-4-5-14/h1-3,6-7,9,14,19H,4-5,8,10H2. The van der Waals surface area contributed by atoms with Crippen LogP contribution in [0.25, 0.3) is 0 Å². The molecule has 1 fully saturated rings. The molecule has 3 nitrogen and oxygen atoms in total. The molecule has 110 valence electrons. The van der Waals surface area contributed by atoms with Crippen LogP contribution in [0.5, 0.6) is 5.88 Å². The Morgan fingerprint density at radius 3 is 2.86 bits per heavy atom. The summed E-state index contributed by atoms with van der Waals surface area (Å²) in [5.74, 6) is 0.479. The summed E-state index contributed by atoms with van der Waals surface area (Å²) in [5.41, 5.74) is 2.16. The maximum Gasteiger partial charge on any atom is 0.232 e. The molecule has 0 unspecified atom stereocenters. The molecule has 1 aromatic carbocycles. The third-order valence-electron chi connectivity index (χ3n) is 3.30. The highest BCUT2D eigenvalue weighted by atomic mass is 79.9. The molecule has 1 aromatic heterocycles. The van der Waals surface area contributed by atoms with Gasteiger partial charge in [-0.1, -0.05) is 39.7 Å². The number of benzene rings is 1. The van der Waals surface area contributed by atoms with E-state index in [9.17, 15) is 0 Å². The molecule has 1 heterocycles. The van der Waals surface area contributed by atoms with Crippen molar-refractivity contribution >= 4 is 27.5 Å². The average molecular weight is 368 g/mol. The van der Waals surface area contributed by atoms with Crippen molar-refractivity contribution in [3.63, 3.8) is 0 Å². The Morgan fingerprint density at radius 2 is 2.14 bits per heavy atom. The number of ether oxygens (including phenoxy) is 1. The Hall–Kier alpha value is -1.10. The van der Waals surface area contributed by atoms with Crippen LogP contribution in [0, 0.1) is 0 Å². The van der Waals surface area contributed by atoms with E-state index in [2.05, 4.69) is 26.2 Å². The molecule has 1 saturated carbocycles. The predicted molar refractivity (Wildman–Crippen MR) is 87.6 cm³/mol. The highest BCUT2D eigenvalue weighted by Gasteiger charge is 2.20. The molecular weight excluding hydrogens is 352 g/mol. The third kappa shape index (κ3) is 4.43. The zero-order valence-electron chi connectivity index (χ0n) is 11.5. The number of halogens is 2. The van der Waals surface area contributed by atoms with Gasteiger partial charge in [0, 0.05) is 23.3 Å². The summed E-state index contributed by atoms with van der Waals surface area (Å²) in [6, 6.07) is 10.6. The number of aromatic nitrogens is 1. The molecule has 3 rings (SSSR count). The molecule has 0 bridgehead atoms. The van der Waals surface area contributed by atoms with Gasteiger partial charge in [-0.25, -0.2) is 4.98 Å². The van der Waals surface area contributed by atoms with E-state index in [0.717, 1.165) is 22.1 Å². The van der Waals surface area contributed by atoms with E-state index in [1.54, 1.807) is 0 Å². The monoisotopic (exact) mass is 366 g/mol. The minimum atomic E-state index is 0.450. The van der Waals surface area contributed by atoms with E-state index in [1.807, 2.05) is 36.5 Å². The Bertz CT molecular complexity index is 631. The van der Waals surface area contributed by atoms with Crippen LogP contribution >= 0.6 is 27.5 Å². The maximum atomic E-state index is 6.23. The fourth-order valence-corrected chi connectivity index (χ4v) is 2.69. The van der Waals surface area contributed by atoms with E-state index in [1.165, 1.54) is 12.8 Å². The largest absolute Gasteiger partial charge is 0.472 e. The lowest BCUT2D eigenvalue weighted by molar-refractivity contribution is 0.294. The summed E-state index contributed by atoms with van der Waals surface area (Å²) in [5, 5.41) is 3.99. The number of nitrogens with one attached hydrogen (secondary N) is 1. The van der Waals surface area contributed by atoms with Crippen molar-refractivity contribution < 1.29 is 4.74 Å². The van der Waals surface area contributed by atoms with Crippen molar-refractivity contribution in [1.29, 1.82) is 0 Å². The lowest BCUT2D eigenvalue weighted by atomic mass is 10.2. The molecule has 0 spiro atoms. The van der Waals surface area contributed by atoms with Gasteiger partial charge in [0.25, 0.3) is 0 Å². The van der Waals surface area contributed by atoms with Gasteiger partial charge in [-0.2, -0.15) is 0 Å². The van der Waals surface area contributed by atoms with Gasteiger partial charge in [0.05, 0.1) is 0 Å². The van der Waals surface area contributed by atoms with Gasteiger partial charge in [0.1, 0.15) is 11.6 Å². The molecular formula is C16H16BrClN2O. The van der Waals surface area contributed by atoms with E-state index in [4.69, 9.17) is 16.3 Å². The average Bonchev–Trinajstić information content (AvgIpc) is 3.28. The Labute approximate surface area is 137 Å². The predicted octanol–water partition coefficient (Wildman–Crippen LogP) is 4.33. The van der Waals surface area contributed by atoms with Gasteiger partial charge in [-0.05, 0) is 42.2 Å². The first-order valence-corrected chi connectivity index (χ1v) is 8.13. The van der Waals surface area contributed by atoms with Crippen LogP contribution in [0.3, 0.4) is 0 Å². The van der Waals surface area contributed by atoms with Gasteiger partial charge in [-0.3, -0.25) is 0 Å². The van der Waals surface area contributed by atoms with E-state index < -0.39 is 0 Å². The smallest absolute Gasteiger partial charge is 0.232 e. The first-order valence-electron chi connectivity index (χ1n) is 6.96. The number of hydrogen-bond donors (Lipinski definition) is 1. The number of hydrogen-bond acceptors (Lipinski definition) is 3. The Balaban J connectivity index is 1.59. The summed E-state index contributed by atoms with van der Waals surface area (Å²) in [4.78, 5) is 4.31. The molecule has 1 aliphatic carbocycles. The first kappa shape index (κ1) is 14.8. The van der Waals surface area contributed by atoms with Crippen molar-refractivity contribution in [3.8, 4) is 5.88 Å². The summed E-state index contributed by atoms with van der Waals surface area (Å²) in [6.45, 7) is 1.26. The molecule has 0 atom stereocenters. The van der Waals surface area contributed by atoms with Crippen LogP contribution in [-0.2, 0) is 13.2 Å². The van der Waals surface area contributed by atoms with Crippen molar-refractivity contribution in [2.75, 3.05) is 0 Å². The lowest BCUT2D eigenvalue weighted by Gasteiger charge is -2.09. The molecule has 0 amide bonds. The highest BCUT2D eigenvalue weighted by molar-refractivity contribution is 9.10. The van der Waals surface area contributed by atoms with Gasteiger partial charge in [-0.15, -0.1) is 0 Å². The molecule has 21 heavy (non-hydrogen) atoms.